The largest absolute Gasteiger partial charge is 0.305 e. The van der Waals surface area contributed by atoms with Crippen LogP contribution >= 0.6 is 27.3 Å². The summed E-state index contributed by atoms with van der Waals surface area (Å²) in [5.74, 6) is 0. The molecule has 0 aliphatic carbocycles. The summed E-state index contributed by atoms with van der Waals surface area (Å²) in [5, 5.41) is 3.52. The van der Waals surface area contributed by atoms with Gasteiger partial charge >= 0.3 is 0 Å². The molecule has 90 valence electrons. The molecule has 0 fully saturated rings. The van der Waals surface area contributed by atoms with Crippen LogP contribution in [0.25, 0.3) is 0 Å². The number of nitrogens with zero attached hydrogens (tertiary/aromatic N) is 1. The lowest BCUT2D eigenvalue weighted by atomic mass is 10.1. The van der Waals surface area contributed by atoms with E-state index in [4.69, 9.17) is 0 Å². The molecule has 1 N–H and O–H groups in total. The van der Waals surface area contributed by atoms with Crippen molar-refractivity contribution in [3.63, 3.8) is 0 Å². The van der Waals surface area contributed by atoms with Gasteiger partial charge in [-0.15, -0.1) is 11.3 Å². The number of aromatic nitrogens is 1. The van der Waals surface area contributed by atoms with Gasteiger partial charge in [0.2, 0.25) is 0 Å². The average molecular weight is 311 g/mol. The minimum Gasteiger partial charge on any atom is -0.305 e. The molecular weight excluding hydrogens is 296 g/mol. The second-order valence-corrected chi connectivity index (χ2v) is 5.87. The Labute approximate surface area is 114 Å². The van der Waals surface area contributed by atoms with Crippen molar-refractivity contribution < 1.29 is 0 Å². The summed E-state index contributed by atoms with van der Waals surface area (Å²) in [4.78, 5) is 5.57. The van der Waals surface area contributed by atoms with Crippen LogP contribution < -0.4 is 5.32 Å². The molecule has 0 amide bonds. The minimum atomic E-state index is 0.351. The van der Waals surface area contributed by atoms with E-state index in [1.807, 2.05) is 5.51 Å². The first-order valence-electron chi connectivity index (χ1n) is 5.54. The molecule has 0 saturated carbocycles. The molecule has 2 nitrogen and oxygen atoms in total. The van der Waals surface area contributed by atoms with E-state index < -0.39 is 0 Å². The Morgan fingerprint density at radius 2 is 2.06 bits per heavy atom. The molecule has 0 bridgehead atoms. The Morgan fingerprint density at radius 3 is 2.65 bits per heavy atom. The van der Waals surface area contributed by atoms with Crippen molar-refractivity contribution in [3.05, 3.63) is 50.4 Å². The van der Waals surface area contributed by atoms with Crippen molar-refractivity contribution in [2.24, 2.45) is 0 Å². The Morgan fingerprint density at radius 1 is 1.35 bits per heavy atom. The molecule has 0 aliphatic rings. The van der Waals surface area contributed by atoms with Gasteiger partial charge in [-0.1, -0.05) is 28.1 Å². The van der Waals surface area contributed by atoms with E-state index in [9.17, 15) is 0 Å². The minimum absolute atomic E-state index is 0.351. The van der Waals surface area contributed by atoms with Gasteiger partial charge in [-0.2, -0.15) is 0 Å². The molecule has 2 aromatic rings. The summed E-state index contributed by atoms with van der Waals surface area (Å²) >= 11 is 5.16. The van der Waals surface area contributed by atoms with Crippen molar-refractivity contribution in [1.29, 1.82) is 0 Å². The number of halogens is 1. The highest BCUT2D eigenvalue weighted by atomic mass is 79.9. The Hall–Kier alpha value is -0.710. The van der Waals surface area contributed by atoms with Crippen LogP contribution in [-0.4, -0.2) is 4.98 Å². The summed E-state index contributed by atoms with van der Waals surface area (Å²) < 4.78 is 1.12. The smallest absolute Gasteiger partial charge is 0.0798 e. The van der Waals surface area contributed by atoms with E-state index in [0.29, 0.717) is 6.04 Å². The van der Waals surface area contributed by atoms with Crippen molar-refractivity contribution in [1.82, 2.24) is 10.3 Å². The Bertz CT molecular complexity index is 478. The number of aryl methyl sites for hydroxylation is 1. The van der Waals surface area contributed by atoms with Gasteiger partial charge in [-0.25, -0.2) is 4.98 Å². The highest BCUT2D eigenvalue weighted by Crippen LogP contribution is 2.18. The molecule has 0 saturated heterocycles. The van der Waals surface area contributed by atoms with Gasteiger partial charge < -0.3 is 5.32 Å². The topological polar surface area (TPSA) is 24.9 Å². The molecule has 0 spiro atoms. The molecule has 4 heteroatoms. The van der Waals surface area contributed by atoms with Gasteiger partial charge in [0, 0.05) is 21.9 Å². The normalized spacial score (nSPS) is 12.6. The Kier molecular flexibility index (Phi) is 4.31. The summed E-state index contributed by atoms with van der Waals surface area (Å²) in [5.41, 5.74) is 4.33. The van der Waals surface area contributed by atoms with Gasteiger partial charge in [0.15, 0.2) is 0 Å². The lowest BCUT2D eigenvalue weighted by Gasteiger charge is -2.13. The Balaban J connectivity index is 1.95. The lowest BCUT2D eigenvalue weighted by Crippen LogP contribution is -2.17. The van der Waals surface area contributed by atoms with Crippen LogP contribution in [0.3, 0.4) is 0 Å². The van der Waals surface area contributed by atoms with Crippen molar-refractivity contribution >= 4 is 27.3 Å². The molecule has 2 rings (SSSR count). The van der Waals surface area contributed by atoms with Crippen molar-refractivity contribution in [2.75, 3.05) is 0 Å². The standard InChI is InChI=1S/C13H15BrN2S/c1-9(11-3-5-12(14)6-4-11)15-7-13-10(2)16-8-17-13/h3-6,8-9,15H,7H2,1-2H3/t9-/m0/s1. The van der Waals surface area contributed by atoms with Gasteiger partial charge in [0.1, 0.15) is 0 Å². The zero-order valence-corrected chi connectivity index (χ0v) is 12.3. The second-order valence-electron chi connectivity index (χ2n) is 4.02. The molecule has 0 aliphatic heterocycles. The monoisotopic (exact) mass is 310 g/mol. The van der Waals surface area contributed by atoms with Crippen LogP contribution in [0.5, 0.6) is 0 Å². The quantitative estimate of drug-likeness (QED) is 0.921. The molecule has 1 atom stereocenters. The maximum Gasteiger partial charge on any atom is 0.0798 e. The average Bonchev–Trinajstić information content (AvgIpc) is 2.73. The zero-order chi connectivity index (χ0) is 12.3. The summed E-state index contributed by atoms with van der Waals surface area (Å²) in [6, 6.07) is 8.78. The fourth-order valence-corrected chi connectivity index (χ4v) is 2.60. The van der Waals surface area contributed by atoms with Gasteiger partial charge in [-0.05, 0) is 31.5 Å². The van der Waals surface area contributed by atoms with Crippen LogP contribution in [0, 0.1) is 6.92 Å². The number of benzene rings is 1. The lowest BCUT2D eigenvalue weighted by molar-refractivity contribution is 0.577. The van der Waals surface area contributed by atoms with E-state index in [1.165, 1.54) is 10.4 Å². The number of hydrogen-bond acceptors (Lipinski definition) is 3. The predicted molar refractivity (Wildman–Crippen MR) is 76.2 cm³/mol. The molecule has 1 heterocycles. The predicted octanol–water partition coefficient (Wildman–Crippen LogP) is 4.06. The van der Waals surface area contributed by atoms with E-state index in [1.54, 1.807) is 11.3 Å². The highest BCUT2D eigenvalue weighted by molar-refractivity contribution is 9.10. The van der Waals surface area contributed by atoms with Crippen LogP contribution in [0.1, 0.15) is 29.1 Å². The van der Waals surface area contributed by atoms with Crippen LogP contribution in [-0.2, 0) is 6.54 Å². The van der Waals surface area contributed by atoms with E-state index in [0.717, 1.165) is 16.7 Å². The third kappa shape index (κ3) is 3.37. The van der Waals surface area contributed by atoms with E-state index in [-0.39, 0.29) is 0 Å². The van der Waals surface area contributed by atoms with Crippen molar-refractivity contribution in [2.45, 2.75) is 26.4 Å². The van der Waals surface area contributed by atoms with Crippen molar-refractivity contribution in [3.8, 4) is 0 Å². The summed E-state index contributed by atoms with van der Waals surface area (Å²) in [7, 11) is 0. The van der Waals surface area contributed by atoms with Gasteiger partial charge in [0.05, 0.1) is 11.2 Å². The van der Waals surface area contributed by atoms with E-state index >= 15 is 0 Å². The first-order valence-corrected chi connectivity index (χ1v) is 7.22. The maximum absolute atomic E-state index is 4.25. The van der Waals surface area contributed by atoms with E-state index in [2.05, 4.69) is 64.3 Å². The fraction of sp³-hybridized carbons (Fsp3) is 0.308. The van der Waals surface area contributed by atoms with Gasteiger partial charge in [0.25, 0.3) is 0 Å². The fourth-order valence-electron chi connectivity index (χ4n) is 1.61. The summed E-state index contributed by atoms with van der Waals surface area (Å²) in [6.45, 7) is 5.12. The first kappa shape index (κ1) is 12.7. The molecule has 1 aromatic carbocycles. The molecule has 0 radical (unpaired) electrons. The number of thiazole rings is 1. The SMILES string of the molecule is Cc1ncsc1CN[C@@H](C)c1ccc(Br)cc1. The van der Waals surface area contributed by atoms with Gasteiger partial charge in [-0.3, -0.25) is 0 Å². The second kappa shape index (κ2) is 5.76. The molecular formula is C13H15BrN2S. The van der Waals surface area contributed by atoms with Crippen LogP contribution in [0.15, 0.2) is 34.2 Å². The highest BCUT2D eigenvalue weighted by Gasteiger charge is 2.06. The molecule has 17 heavy (non-hydrogen) atoms. The van der Waals surface area contributed by atoms with Crippen LogP contribution in [0.4, 0.5) is 0 Å². The molecule has 0 unspecified atom stereocenters. The first-order chi connectivity index (χ1) is 8.16. The summed E-state index contributed by atoms with van der Waals surface area (Å²) in [6.07, 6.45) is 0. The third-order valence-corrected chi connectivity index (χ3v) is 4.25. The molecule has 1 aromatic heterocycles. The zero-order valence-electron chi connectivity index (χ0n) is 9.90. The maximum atomic E-state index is 4.25. The van der Waals surface area contributed by atoms with Crippen LogP contribution in [0.2, 0.25) is 0 Å². The number of hydrogen-bond donors (Lipinski definition) is 1. The third-order valence-electron chi connectivity index (χ3n) is 2.78. The number of nitrogens with one attached hydrogen (secondary N) is 1. The number of rotatable bonds is 4.